The number of para-hydroxylation sites is 1. The lowest BCUT2D eigenvalue weighted by Gasteiger charge is -2.04. The lowest BCUT2D eigenvalue weighted by Crippen LogP contribution is -2.34. The number of aromatic nitrogens is 1. The predicted octanol–water partition coefficient (Wildman–Crippen LogP) is 3.02. The zero-order valence-electron chi connectivity index (χ0n) is 15.0. The largest absolute Gasteiger partial charge is 0.347 e. The Labute approximate surface area is 161 Å². The molecule has 0 bridgehead atoms. The van der Waals surface area contributed by atoms with Crippen molar-refractivity contribution < 1.29 is 9.59 Å². The minimum absolute atomic E-state index is 0.173. The number of hydrogen-bond donors (Lipinski definition) is 2. The molecule has 0 saturated heterocycles. The second-order valence-corrected chi connectivity index (χ2v) is 6.49. The summed E-state index contributed by atoms with van der Waals surface area (Å²) in [4.78, 5) is 23.9. The van der Waals surface area contributed by atoms with Crippen LogP contribution in [0.3, 0.4) is 0 Å². The zero-order chi connectivity index (χ0) is 19.4. The van der Waals surface area contributed by atoms with Crippen molar-refractivity contribution >= 4 is 40.5 Å². The van der Waals surface area contributed by atoms with E-state index in [2.05, 4.69) is 20.4 Å². The van der Waals surface area contributed by atoms with Crippen LogP contribution in [0.5, 0.6) is 0 Å². The second kappa shape index (κ2) is 8.05. The number of carbonyl (C=O) groups excluding carboxylic acids is 2. The summed E-state index contributed by atoms with van der Waals surface area (Å²) in [5, 5.41) is 8.17. The molecule has 0 aliphatic heterocycles. The number of aryl methyl sites for hydroxylation is 1. The van der Waals surface area contributed by atoms with Crippen LogP contribution < -0.4 is 10.7 Å². The van der Waals surface area contributed by atoms with Gasteiger partial charge in [0.05, 0.1) is 12.8 Å². The topological polar surface area (TPSA) is 75.5 Å². The lowest BCUT2D eigenvalue weighted by atomic mass is 10.1. The monoisotopic (exact) mass is 382 g/mol. The SMILES string of the molecule is Cc1c(C=NNC(=O)CNC(=O)c2ccc(Cl)cc2)c2ccccc2n1C. The minimum Gasteiger partial charge on any atom is -0.347 e. The molecule has 2 N–H and O–H groups in total. The van der Waals surface area contributed by atoms with Gasteiger partial charge in [-0.15, -0.1) is 0 Å². The van der Waals surface area contributed by atoms with Crippen LogP contribution >= 0.6 is 11.6 Å². The number of carbonyl (C=O) groups is 2. The maximum Gasteiger partial charge on any atom is 0.259 e. The first kappa shape index (κ1) is 18.7. The molecular weight excluding hydrogens is 364 g/mol. The van der Waals surface area contributed by atoms with Crippen molar-refractivity contribution in [2.45, 2.75) is 6.92 Å². The molecule has 0 aliphatic carbocycles. The first-order valence-corrected chi connectivity index (χ1v) is 8.75. The van der Waals surface area contributed by atoms with E-state index >= 15 is 0 Å². The molecule has 0 saturated carbocycles. The van der Waals surface area contributed by atoms with Crippen molar-refractivity contribution in [1.82, 2.24) is 15.3 Å². The molecule has 0 atom stereocenters. The Kier molecular flexibility index (Phi) is 5.57. The highest BCUT2D eigenvalue weighted by Gasteiger charge is 2.10. The Morgan fingerprint density at radius 1 is 1.15 bits per heavy atom. The summed E-state index contributed by atoms with van der Waals surface area (Å²) in [5.74, 6) is -0.762. The Hall–Kier alpha value is -3.12. The highest BCUT2D eigenvalue weighted by atomic mass is 35.5. The molecule has 0 spiro atoms. The van der Waals surface area contributed by atoms with E-state index in [1.165, 1.54) is 0 Å². The van der Waals surface area contributed by atoms with Gasteiger partial charge in [0.2, 0.25) is 0 Å². The van der Waals surface area contributed by atoms with Gasteiger partial charge in [-0.25, -0.2) is 5.43 Å². The average Bonchev–Trinajstić information content (AvgIpc) is 2.92. The third-order valence-electron chi connectivity index (χ3n) is 4.35. The molecule has 7 heteroatoms. The molecule has 0 radical (unpaired) electrons. The van der Waals surface area contributed by atoms with Crippen molar-refractivity contribution in [1.29, 1.82) is 0 Å². The van der Waals surface area contributed by atoms with Gasteiger partial charge in [-0.1, -0.05) is 29.8 Å². The van der Waals surface area contributed by atoms with Crippen LogP contribution in [0.15, 0.2) is 53.6 Å². The normalized spacial score (nSPS) is 11.1. The third kappa shape index (κ3) is 4.17. The summed E-state index contributed by atoms with van der Waals surface area (Å²) in [5.41, 5.74) is 5.95. The maximum atomic E-state index is 12.0. The summed E-state index contributed by atoms with van der Waals surface area (Å²) in [7, 11) is 1.99. The van der Waals surface area contributed by atoms with Gasteiger partial charge in [-0.2, -0.15) is 5.10 Å². The Morgan fingerprint density at radius 2 is 1.85 bits per heavy atom. The fourth-order valence-corrected chi connectivity index (χ4v) is 2.91. The quantitative estimate of drug-likeness (QED) is 0.525. The van der Waals surface area contributed by atoms with E-state index in [4.69, 9.17) is 11.6 Å². The van der Waals surface area contributed by atoms with Crippen molar-refractivity contribution in [3.05, 3.63) is 70.4 Å². The van der Waals surface area contributed by atoms with Crippen LogP contribution in [0.2, 0.25) is 5.02 Å². The second-order valence-electron chi connectivity index (χ2n) is 6.06. The summed E-state index contributed by atoms with van der Waals surface area (Å²) in [6.45, 7) is 1.82. The Bertz CT molecular complexity index is 1020. The van der Waals surface area contributed by atoms with Gasteiger partial charge in [0.1, 0.15) is 0 Å². The third-order valence-corrected chi connectivity index (χ3v) is 4.60. The summed E-state index contributed by atoms with van der Waals surface area (Å²) >= 11 is 5.79. The molecule has 3 rings (SSSR count). The van der Waals surface area contributed by atoms with E-state index < -0.39 is 5.91 Å². The van der Waals surface area contributed by atoms with E-state index in [0.717, 1.165) is 22.2 Å². The Morgan fingerprint density at radius 3 is 2.59 bits per heavy atom. The summed E-state index contributed by atoms with van der Waals surface area (Å²) < 4.78 is 2.07. The molecule has 3 aromatic rings. The minimum atomic E-state index is -0.411. The molecule has 1 aromatic heterocycles. The van der Waals surface area contributed by atoms with Gasteiger partial charge >= 0.3 is 0 Å². The van der Waals surface area contributed by atoms with Crippen molar-refractivity contribution in [3.8, 4) is 0 Å². The number of benzene rings is 2. The van der Waals surface area contributed by atoms with Crippen LogP contribution in [0.4, 0.5) is 0 Å². The highest BCUT2D eigenvalue weighted by Crippen LogP contribution is 2.22. The van der Waals surface area contributed by atoms with E-state index in [9.17, 15) is 9.59 Å². The van der Waals surface area contributed by atoms with Gasteiger partial charge in [0.25, 0.3) is 11.8 Å². The highest BCUT2D eigenvalue weighted by molar-refractivity contribution is 6.30. The molecule has 0 aliphatic rings. The number of halogens is 1. The predicted molar refractivity (Wildman–Crippen MR) is 107 cm³/mol. The zero-order valence-corrected chi connectivity index (χ0v) is 15.7. The molecule has 1 heterocycles. The number of nitrogens with zero attached hydrogens (tertiary/aromatic N) is 2. The van der Waals surface area contributed by atoms with Crippen LogP contribution in [0.25, 0.3) is 10.9 Å². The number of amides is 2. The van der Waals surface area contributed by atoms with Crippen LogP contribution in [-0.4, -0.2) is 29.1 Å². The van der Waals surface area contributed by atoms with Gasteiger partial charge in [-0.3, -0.25) is 9.59 Å². The van der Waals surface area contributed by atoms with E-state index in [0.29, 0.717) is 10.6 Å². The van der Waals surface area contributed by atoms with Crippen molar-refractivity contribution in [2.24, 2.45) is 12.1 Å². The standard InChI is InChI=1S/C20H19ClN4O2/c1-13-17(16-5-3-4-6-18(16)25(13)2)11-23-24-19(26)12-22-20(27)14-7-9-15(21)10-8-14/h3-11H,12H2,1-2H3,(H,22,27)(H,24,26). The molecule has 0 unspecified atom stereocenters. The van der Waals surface area contributed by atoms with Gasteiger partial charge in [0.15, 0.2) is 0 Å². The van der Waals surface area contributed by atoms with Crippen LogP contribution in [-0.2, 0) is 11.8 Å². The summed E-state index contributed by atoms with van der Waals surface area (Å²) in [6.07, 6.45) is 1.62. The number of hydrazone groups is 1. The van der Waals surface area contributed by atoms with Crippen LogP contribution in [0.1, 0.15) is 21.6 Å². The smallest absolute Gasteiger partial charge is 0.259 e. The molecule has 6 nitrogen and oxygen atoms in total. The van der Waals surface area contributed by atoms with Gasteiger partial charge in [0, 0.05) is 39.8 Å². The number of nitrogens with one attached hydrogen (secondary N) is 2. The van der Waals surface area contributed by atoms with Crippen molar-refractivity contribution in [2.75, 3.05) is 6.54 Å². The van der Waals surface area contributed by atoms with Gasteiger partial charge < -0.3 is 9.88 Å². The first-order valence-electron chi connectivity index (χ1n) is 8.37. The molecule has 27 heavy (non-hydrogen) atoms. The molecular formula is C20H19ClN4O2. The van der Waals surface area contributed by atoms with E-state index in [1.54, 1.807) is 30.5 Å². The number of rotatable bonds is 5. The molecule has 0 fully saturated rings. The van der Waals surface area contributed by atoms with E-state index in [1.807, 2.05) is 38.2 Å². The molecule has 138 valence electrons. The Balaban J connectivity index is 1.59. The van der Waals surface area contributed by atoms with Crippen LogP contribution in [0, 0.1) is 6.92 Å². The fourth-order valence-electron chi connectivity index (χ4n) is 2.79. The number of hydrogen-bond acceptors (Lipinski definition) is 3. The number of fused-ring (bicyclic) bond motifs is 1. The maximum absolute atomic E-state index is 12.0. The van der Waals surface area contributed by atoms with E-state index in [-0.39, 0.29) is 12.5 Å². The lowest BCUT2D eigenvalue weighted by molar-refractivity contribution is -0.120. The average molecular weight is 383 g/mol. The molecule has 2 amide bonds. The first-order chi connectivity index (χ1) is 13.0. The van der Waals surface area contributed by atoms with Gasteiger partial charge in [-0.05, 0) is 37.3 Å². The molecule has 2 aromatic carbocycles. The summed E-state index contributed by atoms with van der Waals surface area (Å²) in [6, 6.07) is 14.4. The fraction of sp³-hybridized carbons (Fsp3) is 0.150. The van der Waals surface area contributed by atoms with Crippen molar-refractivity contribution in [3.63, 3.8) is 0 Å².